The van der Waals surface area contributed by atoms with Crippen molar-refractivity contribution in [3.05, 3.63) is 27.5 Å². The molecule has 0 aliphatic rings. The van der Waals surface area contributed by atoms with Crippen molar-refractivity contribution in [2.75, 3.05) is 0 Å². The third-order valence-corrected chi connectivity index (χ3v) is 2.21. The summed E-state index contributed by atoms with van der Waals surface area (Å²) in [6.07, 6.45) is 0. The molecule has 3 nitrogen and oxygen atoms in total. The Morgan fingerprint density at radius 2 is 2.33 bits per heavy atom. The first-order valence-electron chi connectivity index (χ1n) is 3.26. The fourth-order valence-corrected chi connectivity index (χ4v) is 1.45. The van der Waals surface area contributed by atoms with Crippen LogP contribution in [0.25, 0.3) is 11.0 Å². The van der Waals surface area contributed by atoms with Crippen LogP contribution in [0, 0.1) is 14.9 Å². The van der Waals surface area contributed by atoms with Gasteiger partial charge in [-0.2, -0.15) is 5.26 Å². The van der Waals surface area contributed by atoms with E-state index in [1.807, 2.05) is 24.3 Å². The van der Waals surface area contributed by atoms with E-state index < -0.39 is 0 Å². The Balaban J connectivity index is 2.84. The summed E-state index contributed by atoms with van der Waals surface area (Å²) >= 11 is 2.18. The molecule has 12 heavy (non-hydrogen) atoms. The molecule has 58 valence electrons. The van der Waals surface area contributed by atoms with Crippen molar-refractivity contribution in [2.45, 2.75) is 0 Å². The van der Waals surface area contributed by atoms with Crippen LogP contribution < -0.4 is 0 Å². The topological polar surface area (TPSA) is 49.8 Å². The van der Waals surface area contributed by atoms with Crippen LogP contribution in [-0.4, -0.2) is 5.16 Å². The molecule has 1 aromatic carbocycles. The highest BCUT2D eigenvalue weighted by Crippen LogP contribution is 2.19. The SMILES string of the molecule is N#Cc1noc2cc(I)ccc12. The van der Waals surface area contributed by atoms with Crippen molar-refractivity contribution in [1.82, 2.24) is 5.16 Å². The van der Waals surface area contributed by atoms with Gasteiger partial charge in [-0.25, -0.2) is 0 Å². The van der Waals surface area contributed by atoms with E-state index in [2.05, 4.69) is 27.7 Å². The molecule has 0 aliphatic carbocycles. The van der Waals surface area contributed by atoms with Gasteiger partial charge in [0.05, 0.1) is 5.39 Å². The molecule has 0 saturated carbocycles. The molecular weight excluding hydrogens is 267 g/mol. The van der Waals surface area contributed by atoms with Gasteiger partial charge < -0.3 is 4.52 Å². The highest BCUT2D eigenvalue weighted by molar-refractivity contribution is 14.1. The second-order valence-electron chi connectivity index (χ2n) is 2.28. The molecule has 0 radical (unpaired) electrons. The lowest BCUT2D eigenvalue weighted by Crippen LogP contribution is -1.72. The molecule has 0 N–H and O–H groups in total. The van der Waals surface area contributed by atoms with E-state index >= 15 is 0 Å². The maximum Gasteiger partial charge on any atom is 0.191 e. The summed E-state index contributed by atoms with van der Waals surface area (Å²) in [6.45, 7) is 0. The monoisotopic (exact) mass is 270 g/mol. The summed E-state index contributed by atoms with van der Waals surface area (Å²) in [7, 11) is 0. The molecular formula is C8H3IN2O. The number of nitriles is 1. The van der Waals surface area contributed by atoms with Gasteiger partial charge in [0.15, 0.2) is 11.3 Å². The lowest BCUT2D eigenvalue weighted by atomic mass is 10.2. The van der Waals surface area contributed by atoms with Crippen molar-refractivity contribution >= 4 is 33.6 Å². The lowest BCUT2D eigenvalue weighted by molar-refractivity contribution is 0.453. The third kappa shape index (κ3) is 1.06. The molecule has 0 saturated heterocycles. The molecule has 0 atom stereocenters. The molecule has 1 heterocycles. The predicted octanol–water partition coefficient (Wildman–Crippen LogP) is 2.30. The molecule has 0 bridgehead atoms. The Hall–Kier alpha value is -1.09. The Labute approximate surface area is 82.1 Å². The first-order chi connectivity index (χ1) is 5.81. The van der Waals surface area contributed by atoms with Crippen molar-refractivity contribution in [2.24, 2.45) is 0 Å². The summed E-state index contributed by atoms with van der Waals surface area (Å²) in [5, 5.41) is 13.0. The lowest BCUT2D eigenvalue weighted by Gasteiger charge is -1.86. The summed E-state index contributed by atoms with van der Waals surface area (Å²) in [5.74, 6) is 0. The van der Waals surface area contributed by atoms with Crippen LogP contribution in [-0.2, 0) is 0 Å². The van der Waals surface area contributed by atoms with Crippen LogP contribution in [0.1, 0.15) is 5.69 Å². The Kier molecular flexibility index (Phi) is 1.73. The van der Waals surface area contributed by atoms with E-state index in [9.17, 15) is 0 Å². The fraction of sp³-hybridized carbons (Fsp3) is 0. The van der Waals surface area contributed by atoms with Crippen LogP contribution in [0.2, 0.25) is 0 Å². The molecule has 0 unspecified atom stereocenters. The predicted molar refractivity (Wildman–Crippen MR) is 51.4 cm³/mol. The second kappa shape index (κ2) is 2.75. The maximum atomic E-state index is 8.62. The Bertz CT molecular complexity index is 469. The molecule has 0 aliphatic heterocycles. The van der Waals surface area contributed by atoms with Crippen LogP contribution in [0.4, 0.5) is 0 Å². The quantitative estimate of drug-likeness (QED) is 0.690. The number of nitrogens with zero attached hydrogens (tertiary/aromatic N) is 2. The number of aromatic nitrogens is 1. The zero-order valence-corrected chi connectivity index (χ0v) is 8.07. The minimum atomic E-state index is 0.349. The van der Waals surface area contributed by atoms with Crippen molar-refractivity contribution < 1.29 is 4.52 Å². The number of fused-ring (bicyclic) bond motifs is 1. The number of benzene rings is 1. The molecule has 2 aromatic rings. The van der Waals surface area contributed by atoms with Crippen molar-refractivity contribution in [3.8, 4) is 6.07 Å². The zero-order valence-electron chi connectivity index (χ0n) is 5.91. The highest BCUT2D eigenvalue weighted by Gasteiger charge is 2.06. The smallest absolute Gasteiger partial charge is 0.191 e. The molecule has 0 spiro atoms. The largest absolute Gasteiger partial charge is 0.355 e. The third-order valence-electron chi connectivity index (χ3n) is 1.54. The Morgan fingerprint density at radius 1 is 1.50 bits per heavy atom. The summed E-state index contributed by atoms with van der Waals surface area (Å²) in [4.78, 5) is 0. The fourth-order valence-electron chi connectivity index (χ4n) is 0.992. The summed E-state index contributed by atoms with van der Waals surface area (Å²) in [6, 6.07) is 7.57. The maximum absolute atomic E-state index is 8.62. The standard InChI is InChI=1S/C8H3IN2O/c9-5-1-2-6-7(4-10)11-12-8(6)3-5/h1-3H. The molecule has 2 rings (SSSR count). The minimum absolute atomic E-state index is 0.349. The van der Waals surface area contributed by atoms with Crippen LogP contribution in [0.3, 0.4) is 0 Å². The zero-order chi connectivity index (χ0) is 8.55. The molecule has 1 aromatic heterocycles. The van der Waals surface area contributed by atoms with Crippen LogP contribution in [0.15, 0.2) is 22.7 Å². The van der Waals surface area contributed by atoms with Gasteiger partial charge in [-0.15, -0.1) is 0 Å². The van der Waals surface area contributed by atoms with Crippen LogP contribution >= 0.6 is 22.6 Å². The van der Waals surface area contributed by atoms with E-state index in [0.717, 1.165) is 8.96 Å². The normalized spacial score (nSPS) is 10.0. The molecule has 4 heteroatoms. The number of hydrogen-bond acceptors (Lipinski definition) is 3. The molecule has 0 fully saturated rings. The first kappa shape index (κ1) is 7.55. The van der Waals surface area contributed by atoms with Gasteiger partial charge in [0.2, 0.25) is 0 Å². The second-order valence-corrected chi connectivity index (χ2v) is 3.53. The first-order valence-corrected chi connectivity index (χ1v) is 4.34. The van der Waals surface area contributed by atoms with E-state index in [-0.39, 0.29) is 0 Å². The molecule has 0 amide bonds. The summed E-state index contributed by atoms with van der Waals surface area (Å²) in [5.41, 5.74) is 1.01. The van der Waals surface area contributed by atoms with E-state index in [1.54, 1.807) is 0 Å². The van der Waals surface area contributed by atoms with E-state index in [1.165, 1.54) is 0 Å². The highest BCUT2D eigenvalue weighted by atomic mass is 127. The number of hydrogen-bond donors (Lipinski definition) is 0. The average molecular weight is 270 g/mol. The van der Waals surface area contributed by atoms with Crippen molar-refractivity contribution in [3.63, 3.8) is 0 Å². The van der Waals surface area contributed by atoms with E-state index in [4.69, 9.17) is 9.78 Å². The number of rotatable bonds is 0. The van der Waals surface area contributed by atoms with Gasteiger partial charge in [-0.1, -0.05) is 5.16 Å². The number of halogens is 1. The minimum Gasteiger partial charge on any atom is -0.355 e. The van der Waals surface area contributed by atoms with Gasteiger partial charge in [-0.05, 0) is 40.8 Å². The average Bonchev–Trinajstić information content (AvgIpc) is 2.46. The van der Waals surface area contributed by atoms with Gasteiger partial charge in [0.25, 0.3) is 0 Å². The van der Waals surface area contributed by atoms with Gasteiger partial charge in [-0.3, -0.25) is 0 Å². The van der Waals surface area contributed by atoms with Gasteiger partial charge in [0.1, 0.15) is 6.07 Å². The van der Waals surface area contributed by atoms with E-state index in [0.29, 0.717) is 11.3 Å². The van der Waals surface area contributed by atoms with Gasteiger partial charge in [0, 0.05) is 3.57 Å². The van der Waals surface area contributed by atoms with Gasteiger partial charge >= 0.3 is 0 Å². The Morgan fingerprint density at radius 3 is 3.08 bits per heavy atom. The van der Waals surface area contributed by atoms with Crippen molar-refractivity contribution in [1.29, 1.82) is 5.26 Å². The van der Waals surface area contributed by atoms with Crippen LogP contribution in [0.5, 0.6) is 0 Å². The summed E-state index contributed by atoms with van der Waals surface area (Å²) < 4.78 is 6.01.